The second kappa shape index (κ2) is 14.2. The average Bonchev–Trinajstić information content (AvgIpc) is 2.66. The maximum atomic E-state index is 12.4. The lowest BCUT2D eigenvalue weighted by atomic mass is 10.0. The van der Waals surface area contributed by atoms with E-state index in [-0.39, 0.29) is 17.9 Å². The summed E-state index contributed by atoms with van der Waals surface area (Å²) in [6, 6.07) is 6.89. The van der Waals surface area contributed by atoms with E-state index in [2.05, 4.69) is 13.8 Å². The minimum absolute atomic E-state index is 0.163. The van der Waals surface area contributed by atoms with Crippen LogP contribution < -0.4 is 9.47 Å². The largest absolute Gasteiger partial charge is 0.423 e. The van der Waals surface area contributed by atoms with Gasteiger partial charge >= 0.3 is 11.9 Å². The van der Waals surface area contributed by atoms with Gasteiger partial charge in [0, 0.05) is 6.42 Å². The van der Waals surface area contributed by atoms with Crippen molar-refractivity contribution in [1.29, 1.82) is 0 Å². The van der Waals surface area contributed by atoms with Gasteiger partial charge in [0.25, 0.3) is 0 Å². The Morgan fingerprint density at radius 1 is 0.815 bits per heavy atom. The molecule has 0 radical (unpaired) electrons. The number of hydrogen-bond donors (Lipinski definition) is 0. The number of rotatable bonds is 14. The summed E-state index contributed by atoms with van der Waals surface area (Å²) in [4.78, 5) is 24.4. The first-order chi connectivity index (χ1) is 13.1. The fraction of sp³-hybridized carbons (Fsp3) is 0.652. The normalized spacial score (nSPS) is 11.8. The molecule has 1 unspecified atom stereocenters. The van der Waals surface area contributed by atoms with Crippen LogP contribution in [-0.4, -0.2) is 11.9 Å². The van der Waals surface area contributed by atoms with E-state index in [1.807, 2.05) is 6.92 Å². The van der Waals surface area contributed by atoms with E-state index in [9.17, 15) is 9.59 Å². The molecule has 0 spiro atoms. The summed E-state index contributed by atoms with van der Waals surface area (Å²) in [6.07, 6.45) is 11.2. The zero-order chi connectivity index (χ0) is 19.9. The molecule has 0 aliphatic rings. The van der Waals surface area contributed by atoms with Gasteiger partial charge in [-0.3, -0.25) is 9.59 Å². The maximum Gasteiger partial charge on any atom is 0.314 e. The van der Waals surface area contributed by atoms with E-state index in [4.69, 9.17) is 9.47 Å². The molecule has 152 valence electrons. The summed E-state index contributed by atoms with van der Waals surface area (Å²) in [5.41, 5.74) is 0. The fourth-order valence-corrected chi connectivity index (χ4v) is 2.87. The van der Waals surface area contributed by atoms with Crippen molar-refractivity contribution >= 4 is 11.9 Å². The van der Waals surface area contributed by atoms with Crippen molar-refractivity contribution in [3.63, 3.8) is 0 Å². The summed E-state index contributed by atoms with van der Waals surface area (Å²) in [7, 11) is 0. The minimum Gasteiger partial charge on any atom is -0.423 e. The van der Waals surface area contributed by atoms with Gasteiger partial charge in [-0.1, -0.05) is 84.3 Å². The van der Waals surface area contributed by atoms with Crippen molar-refractivity contribution in [3.8, 4) is 11.5 Å². The number of carbonyl (C=O) groups excluding carboxylic acids is 2. The van der Waals surface area contributed by atoms with Crippen molar-refractivity contribution in [1.82, 2.24) is 0 Å². The van der Waals surface area contributed by atoms with Gasteiger partial charge in [-0.2, -0.15) is 0 Å². The molecule has 0 aliphatic carbocycles. The van der Waals surface area contributed by atoms with Crippen LogP contribution in [0.15, 0.2) is 24.3 Å². The topological polar surface area (TPSA) is 52.6 Å². The van der Waals surface area contributed by atoms with Gasteiger partial charge in [-0.05, 0) is 25.0 Å². The van der Waals surface area contributed by atoms with E-state index in [1.54, 1.807) is 24.3 Å². The standard InChI is InChI=1S/C23H36O4/c1-4-6-8-10-11-15-19(3)23(25)27-21-17-14-13-16-20(21)26-22(24)18-12-9-7-5-2/h13-14,16-17,19H,4-12,15,18H2,1-3H3. The van der Waals surface area contributed by atoms with Gasteiger partial charge in [0.05, 0.1) is 5.92 Å². The Balaban J connectivity index is 2.47. The van der Waals surface area contributed by atoms with Crippen LogP contribution in [0.25, 0.3) is 0 Å². The first-order valence-corrected chi connectivity index (χ1v) is 10.6. The monoisotopic (exact) mass is 376 g/mol. The number of unbranched alkanes of at least 4 members (excludes halogenated alkanes) is 7. The molecule has 0 N–H and O–H groups in total. The number of benzene rings is 1. The highest BCUT2D eigenvalue weighted by atomic mass is 16.6. The Hall–Kier alpha value is -1.84. The number of ether oxygens (including phenoxy) is 2. The summed E-state index contributed by atoms with van der Waals surface area (Å²) >= 11 is 0. The van der Waals surface area contributed by atoms with E-state index in [0.717, 1.165) is 44.9 Å². The molecule has 1 aromatic carbocycles. The second-order valence-corrected chi connectivity index (χ2v) is 7.26. The molecule has 1 atom stereocenters. The third-order valence-corrected chi connectivity index (χ3v) is 4.66. The molecular weight excluding hydrogens is 340 g/mol. The van der Waals surface area contributed by atoms with Crippen molar-refractivity contribution in [2.75, 3.05) is 0 Å². The Morgan fingerprint density at radius 2 is 1.37 bits per heavy atom. The SMILES string of the molecule is CCCCCCCC(C)C(=O)Oc1ccccc1OC(=O)CCCCCC. The first-order valence-electron chi connectivity index (χ1n) is 10.6. The lowest BCUT2D eigenvalue weighted by Crippen LogP contribution is -2.18. The zero-order valence-corrected chi connectivity index (χ0v) is 17.3. The van der Waals surface area contributed by atoms with Gasteiger partial charge in [0.15, 0.2) is 11.5 Å². The van der Waals surface area contributed by atoms with E-state index in [1.165, 1.54) is 19.3 Å². The number of hydrogen-bond acceptors (Lipinski definition) is 4. The zero-order valence-electron chi connectivity index (χ0n) is 17.3. The minimum atomic E-state index is -0.279. The molecule has 4 nitrogen and oxygen atoms in total. The van der Waals surface area contributed by atoms with Gasteiger partial charge < -0.3 is 9.47 Å². The molecule has 0 saturated carbocycles. The molecule has 0 aliphatic heterocycles. The third kappa shape index (κ3) is 10.2. The molecular formula is C23H36O4. The molecule has 0 fully saturated rings. The average molecular weight is 377 g/mol. The molecule has 0 amide bonds. The van der Waals surface area contributed by atoms with Crippen molar-refractivity contribution in [2.45, 2.75) is 91.4 Å². The molecule has 27 heavy (non-hydrogen) atoms. The predicted octanol–water partition coefficient (Wildman–Crippen LogP) is 6.46. The molecule has 0 saturated heterocycles. The molecule has 0 bridgehead atoms. The molecule has 1 rings (SSSR count). The van der Waals surface area contributed by atoms with E-state index in [0.29, 0.717) is 17.9 Å². The van der Waals surface area contributed by atoms with Crippen LogP contribution >= 0.6 is 0 Å². The lowest BCUT2D eigenvalue weighted by molar-refractivity contribution is -0.140. The smallest absolute Gasteiger partial charge is 0.314 e. The van der Waals surface area contributed by atoms with Crippen molar-refractivity contribution in [2.24, 2.45) is 5.92 Å². The molecule has 4 heteroatoms. The number of para-hydroxylation sites is 2. The summed E-state index contributed by atoms with van der Waals surface area (Å²) < 4.78 is 10.9. The second-order valence-electron chi connectivity index (χ2n) is 7.26. The van der Waals surface area contributed by atoms with Crippen LogP contribution in [0.2, 0.25) is 0 Å². The Labute approximate surface area is 164 Å². The highest BCUT2D eigenvalue weighted by molar-refractivity contribution is 5.77. The van der Waals surface area contributed by atoms with Crippen LogP contribution in [0, 0.1) is 5.92 Å². The molecule has 1 aromatic rings. The van der Waals surface area contributed by atoms with Gasteiger partial charge in [0.1, 0.15) is 0 Å². The quantitative estimate of drug-likeness (QED) is 0.212. The number of esters is 2. The first kappa shape index (κ1) is 23.2. The summed E-state index contributed by atoms with van der Waals surface area (Å²) in [6.45, 7) is 6.22. The highest BCUT2D eigenvalue weighted by Crippen LogP contribution is 2.28. The van der Waals surface area contributed by atoms with Crippen LogP contribution in [-0.2, 0) is 9.59 Å². The molecule has 0 heterocycles. The Morgan fingerprint density at radius 3 is 2.00 bits per heavy atom. The van der Waals surface area contributed by atoms with Gasteiger partial charge in [-0.25, -0.2) is 0 Å². The van der Waals surface area contributed by atoms with Crippen molar-refractivity contribution < 1.29 is 19.1 Å². The van der Waals surface area contributed by atoms with E-state index < -0.39 is 0 Å². The third-order valence-electron chi connectivity index (χ3n) is 4.66. The van der Waals surface area contributed by atoms with Gasteiger partial charge in [-0.15, -0.1) is 0 Å². The summed E-state index contributed by atoms with van der Waals surface area (Å²) in [5.74, 6) is -0.0660. The van der Waals surface area contributed by atoms with Crippen LogP contribution in [0.3, 0.4) is 0 Å². The predicted molar refractivity (Wildman–Crippen MR) is 109 cm³/mol. The van der Waals surface area contributed by atoms with Crippen LogP contribution in [0.4, 0.5) is 0 Å². The highest BCUT2D eigenvalue weighted by Gasteiger charge is 2.18. The Kier molecular flexibility index (Phi) is 12.2. The fourth-order valence-electron chi connectivity index (χ4n) is 2.87. The van der Waals surface area contributed by atoms with Crippen molar-refractivity contribution in [3.05, 3.63) is 24.3 Å². The van der Waals surface area contributed by atoms with Gasteiger partial charge in [0.2, 0.25) is 0 Å². The Bertz CT molecular complexity index is 553. The van der Waals surface area contributed by atoms with E-state index >= 15 is 0 Å². The maximum absolute atomic E-state index is 12.4. The summed E-state index contributed by atoms with van der Waals surface area (Å²) in [5, 5.41) is 0. The molecule has 0 aromatic heterocycles. The lowest BCUT2D eigenvalue weighted by Gasteiger charge is -2.13. The van der Waals surface area contributed by atoms with Crippen LogP contribution in [0.5, 0.6) is 11.5 Å². The van der Waals surface area contributed by atoms with Crippen LogP contribution in [0.1, 0.15) is 91.4 Å². The number of carbonyl (C=O) groups is 2.